The highest BCUT2D eigenvalue weighted by Crippen LogP contribution is 2.20. The highest BCUT2D eigenvalue weighted by molar-refractivity contribution is 5.99. The number of ether oxygens (including phenoxy) is 1. The first kappa shape index (κ1) is 35.7. The number of amides is 3. The van der Waals surface area contributed by atoms with Gasteiger partial charge in [0.2, 0.25) is 11.8 Å². The van der Waals surface area contributed by atoms with Crippen LogP contribution in [0.3, 0.4) is 0 Å². The Morgan fingerprint density at radius 3 is 2.28 bits per heavy atom. The highest BCUT2D eigenvalue weighted by Gasteiger charge is 2.29. The van der Waals surface area contributed by atoms with Crippen LogP contribution < -0.4 is 16.0 Å². The number of unbranched alkanes of at least 4 members (excludes halogenated alkanes) is 1. The van der Waals surface area contributed by atoms with Crippen molar-refractivity contribution in [3.8, 4) is 0 Å². The number of anilines is 1. The van der Waals surface area contributed by atoms with Crippen LogP contribution >= 0.6 is 0 Å². The first-order valence-corrected chi connectivity index (χ1v) is 15.7. The Labute approximate surface area is 271 Å². The number of nitrogens with one attached hydrogen (secondary N) is 3. The number of benzene rings is 3. The minimum atomic E-state index is -1.24. The van der Waals surface area contributed by atoms with E-state index in [0.717, 1.165) is 29.2 Å². The molecular weight excluding hydrogens is 582 g/mol. The molecule has 9 nitrogen and oxygen atoms in total. The third-order valence-electron chi connectivity index (χ3n) is 7.60. The van der Waals surface area contributed by atoms with Crippen molar-refractivity contribution in [2.24, 2.45) is 11.8 Å². The average molecular weight is 628 g/mol. The summed E-state index contributed by atoms with van der Waals surface area (Å²) in [5.74, 6) is -3.31. The first-order chi connectivity index (χ1) is 22.2. The third-order valence-corrected chi connectivity index (χ3v) is 7.60. The topological polar surface area (TPSA) is 134 Å². The Morgan fingerprint density at radius 1 is 0.870 bits per heavy atom. The number of carbonyl (C=O) groups excluding carboxylic acids is 4. The van der Waals surface area contributed by atoms with Crippen LogP contribution in [0.1, 0.15) is 44.6 Å². The van der Waals surface area contributed by atoms with Gasteiger partial charge in [0.05, 0.1) is 18.4 Å². The number of aliphatic hydroxyl groups excluding tert-OH is 1. The van der Waals surface area contributed by atoms with Gasteiger partial charge < -0.3 is 25.8 Å². The van der Waals surface area contributed by atoms with E-state index < -0.39 is 54.2 Å². The van der Waals surface area contributed by atoms with Gasteiger partial charge >= 0.3 is 5.97 Å². The Kier molecular flexibility index (Phi) is 14.7. The lowest BCUT2D eigenvalue weighted by atomic mass is 9.94. The SMILES string of the molecule is C=CCCC[C@H](Cc1ccccc1)C(=O)OC[C@H](NC(=O)[C@@H](CC=C)CC(=O)N[C@H](C)CO)C(=O)Nc1ccc2ccccc2c1. The first-order valence-electron chi connectivity index (χ1n) is 15.7. The van der Waals surface area contributed by atoms with Crippen LogP contribution in [0.25, 0.3) is 10.8 Å². The van der Waals surface area contributed by atoms with Crippen molar-refractivity contribution >= 4 is 40.2 Å². The van der Waals surface area contributed by atoms with E-state index in [-0.39, 0.29) is 19.4 Å². The summed E-state index contributed by atoms with van der Waals surface area (Å²) < 4.78 is 5.72. The van der Waals surface area contributed by atoms with Crippen molar-refractivity contribution in [3.05, 3.63) is 104 Å². The molecule has 4 atom stereocenters. The number of carbonyl (C=O) groups is 4. The molecule has 0 aromatic heterocycles. The fourth-order valence-electron chi connectivity index (χ4n) is 5.05. The maximum absolute atomic E-state index is 13.6. The van der Waals surface area contributed by atoms with Crippen LogP contribution in [-0.2, 0) is 30.3 Å². The Bertz CT molecular complexity index is 1470. The molecule has 0 saturated carbocycles. The quantitative estimate of drug-likeness (QED) is 0.0830. The Hall–Kier alpha value is -4.76. The lowest BCUT2D eigenvalue weighted by Crippen LogP contribution is -2.50. The van der Waals surface area contributed by atoms with Crippen molar-refractivity contribution < 1.29 is 29.0 Å². The number of hydrogen-bond donors (Lipinski definition) is 4. The van der Waals surface area contributed by atoms with E-state index in [0.29, 0.717) is 18.5 Å². The maximum Gasteiger partial charge on any atom is 0.309 e. The molecule has 3 amide bonds. The standard InChI is InChI=1S/C37H45N3O6/c1-4-6-8-18-31(21-27-14-9-7-10-15-27)37(45)46-25-33(36(44)39-32-20-19-28-16-11-12-17-29(28)22-32)40-35(43)30(13-5-2)23-34(42)38-26(3)24-41/h4-5,7,9-12,14-17,19-20,22,26,30-31,33,41H,1-2,6,8,13,18,21,23-25H2,3H3,(H,38,42)(H,39,44)(H,40,43)/t26-,30+,31-,33+/m1/s1. The van der Waals surface area contributed by atoms with E-state index in [1.807, 2.05) is 66.7 Å². The summed E-state index contributed by atoms with van der Waals surface area (Å²) in [7, 11) is 0. The van der Waals surface area contributed by atoms with E-state index >= 15 is 0 Å². The predicted octanol–water partition coefficient (Wildman–Crippen LogP) is 5.10. The van der Waals surface area contributed by atoms with E-state index in [4.69, 9.17) is 4.74 Å². The fourth-order valence-corrected chi connectivity index (χ4v) is 5.05. The summed E-state index contributed by atoms with van der Waals surface area (Å²) in [6, 6.07) is 21.1. The van der Waals surface area contributed by atoms with Gasteiger partial charge in [-0.05, 0) is 67.5 Å². The predicted molar refractivity (Wildman–Crippen MR) is 181 cm³/mol. The molecule has 0 radical (unpaired) electrons. The van der Waals surface area contributed by atoms with Crippen molar-refractivity contribution in [1.82, 2.24) is 10.6 Å². The molecule has 9 heteroatoms. The third kappa shape index (κ3) is 11.6. The molecule has 0 aliphatic heterocycles. The molecule has 244 valence electrons. The van der Waals surface area contributed by atoms with E-state index in [1.165, 1.54) is 6.08 Å². The van der Waals surface area contributed by atoms with Crippen LogP contribution in [0.5, 0.6) is 0 Å². The molecule has 0 saturated heterocycles. The van der Waals surface area contributed by atoms with Crippen molar-refractivity contribution in [2.45, 2.75) is 57.5 Å². The summed E-state index contributed by atoms with van der Waals surface area (Å²) in [4.78, 5) is 53.0. The second-order valence-electron chi connectivity index (χ2n) is 11.4. The monoisotopic (exact) mass is 627 g/mol. The molecule has 0 aliphatic rings. The number of allylic oxidation sites excluding steroid dienone is 2. The smallest absolute Gasteiger partial charge is 0.309 e. The zero-order chi connectivity index (χ0) is 33.3. The van der Waals surface area contributed by atoms with Gasteiger partial charge in [-0.3, -0.25) is 19.2 Å². The molecule has 3 aromatic carbocycles. The molecule has 4 N–H and O–H groups in total. The lowest BCUT2D eigenvalue weighted by molar-refractivity contribution is -0.151. The summed E-state index contributed by atoms with van der Waals surface area (Å²) in [6.45, 7) is 8.46. The largest absolute Gasteiger partial charge is 0.463 e. The van der Waals surface area contributed by atoms with Crippen molar-refractivity contribution in [3.63, 3.8) is 0 Å². The van der Waals surface area contributed by atoms with Crippen LogP contribution in [0.15, 0.2) is 98.1 Å². The van der Waals surface area contributed by atoms with E-state index in [2.05, 4.69) is 29.1 Å². The van der Waals surface area contributed by atoms with Gasteiger partial charge in [0.1, 0.15) is 12.6 Å². The molecule has 0 unspecified atom stereocenters. The van der Waals surface area contributed by atoms with E-state index in [9.17, 15) is 24.3 Å². The molecular formula is C37H45N3O6. The molecule has 0 aliphatic carbocycles. The molecule has 3 aromatic rings. The second-order valence-corrected chi connectivity index (χ2v) is 11.4. The molecule has 0 heterocycles. The number of esters is 1. The summed E-state index contributed by atoms with van der Waals surface area (Å²) >= 11 is 0. The molecule has 0 spiro atoms. The van der Waals surface area contributed by atoms with Gasteiger partial charge in [-0.15, -0.1) is 13.2 Å². The minimum Gasteiger partial charge on any atom is -0.463 e. The fraction of sp³-hybridized carbons (Fsp3) is 0.351. The van der Waals surface area contributed by atoms with Gasteiger partial charge in [0, 0.05) is 18.2 Å². The zero-order valence-corrected chi connectivity index (χ0v) is 26.5. The number of fused-ring (bicyclic) bond motifs is 1. The molecule has 46 heavy (non-hydrogen) atoms. The normalized spacial score (nSPS) is 13.4. The van der Waals surface area contributed by atoms with Gasteiger partial charge in [0.15, 0.2) is 0 Å². The van der Waals surface area contributed by atoms with Crippen LogP contribution in [0, 0.1) is 11.8 Å². The van der Waals surface area contributed by atoms with Crippen LogP contribution in [0.4, 0.5) is 5.69 Å². The minimum absolute atomic E-state index is 0.175. The second kappa shape index (κ2) is 18.9. The van der Waals surface area contributed by atoms with Crippen molar-refractivity contribution in [1.29, 1.82) is 0 Å². The summed E-state index contributed by atoms with van der Waals surface area (Å²) in [5.41, 5.74) is 1.50. The van der Waals surface area contributed by atoms with Gasteiger partial charge in [-0.1, -0.05) is 72.8 Å². The Morgan fingerprint density at radius 2 is 1.59 bits per heavy atom. The number of aliphatic hydroxyl groups is 1. The van der Waals surface area contributed by atoms with Gasteiger partial charge in [-0.25, -0.2) is 0 Å². The average Bonchev–Trinajstić information content (AvgIpc) is 3.06. The maximum atomic E-state index is 13.6. The highest BCUT2D eigenvalue weighted by atomic mass is 16.5. The Balaban J connectivity index is 1.79. The zero-order valence-electron chi connectivity index (χ0n) is 26.5. The molecule has 0 bridgehead atoms. The van der Waals surface area contributed by atoms with E-state index in [1.54, 1.807) is 19.1 Å². The van der Waals surface area contributed by atoms with Crippen LogP contribution in [0.2, 0.25) is 0 Å². The number of hydrogen-bond acceptors (Lipinski definition) is 6. The summed E-state index contributed by atoms with van der Waals surface area (Å²) in [6.07, 6.45) is 5.87. The van der Waals surface area contributed by atoms with Crippen molar-refractivity contribution in [2.75, 3.05) is 18.5 Å². The van der Waals surface area contributed by atoms with Gasteiger partial charge in [0.25, 0.3) is 5.91 Å². The lowest BCUT2D eigenvalue weighted by Gasteiger charge is -2.23. The van der Waals surface area contributed by atoms with Crippen LogP contribution in [-0.4, -0.2) is 54.1 Å². The summed E-state index contributed by atoms with van der Waals surface area (Å²) in [5, 5.41) is 19.4. The number of rotatable bonds is 19. The van der Waals surface area contributed by atoms with Gasteiger partial charge in [-0.2, -0.15) is 0 Å². The molecule has 0 fully saturated rings. The molecule has 3 rings (SSSR count).